The number of amides is 1. The van der Waals surface area contributed by atoms with Gasteiger partial charge >= 0.3 is 0 Å². The number of benzene rings is 1. The number of nitrogens with one attached hydrogen (secondary N) is 1. The molecule has 3 rings (SSSR count). The lowest BCUT2D eigenvalue weighted by Gasteiger charge is -2.20. The lowest BCUT2D eigenvalue weighted by Crippen LogP contribution is -2.31. The number of nitrogens with zero attached hydrogens (tertiary/aromatic N) is 2. The highest BCUT2D eigenvalue weighted by Crippen LogP contribution is 2.29. The van der Waals surface area contributed by atoms with Crippen molar-refractivity contribution in [1.82, 2.24) is 14.9 Å². The average molecular weight is 329 g/mol. The third-order valence-electron chi connectivity index (χ3n) is 4.89. The molecule has 0 radical (unpaired) electrons. The van der Waals surface area contributed by atoms with Gasteiger partial charge in [-0.1, -0.05) is 43.9 Å². The van der Waals surface area contributed by atoms with Crippen LogP contribution in [0.2, 0.25) is 0 Å². The Hall–Kier alpha value is -2.17. The molecule has 24 heavy (non-hydrogen) atoms. The highest BCUT2D eigenvalue weighted by molar-refractivity contribution is 5.76. The molecule has 1 atom stereocenters. The van der Waals surface area contributed by atoms with Crippen LogP contribution in [-0.2, 0) is 11.8 Å². The summed E-state index contributed by atoms with van der Waals surface area (Å²) in [5, 5.41) is 2.98. The van der Waals surface area contributed by atoms with Crippen LogP contribution in [0.25, 0.3) is 0 Å². The molecule has 0 spiro atoms. The predicted molar refractivity (Wildman–Crippen MR) is 90.8 cm³/mol. The summed E-state index contributed by atoms with van der Waals surface area (Å²) in [6.45, 7) is 0. The Morgan fingerprint density at radius 3 is 2.79 bits per heavy atom. The van der Waals surface area contributed by atoms with Crippen LogP contribution in [0.1, 0.15) is 56.0 Å². The van der Waals surface area contributed by atoms with Gasteiger partial charge in [-0.05, 0) is 18.4 Å². The fourth-order valence-electron chi connectivity index (χ4n) is 3.51. The van der Waals surface area contributed by atoms with Crippen molar-refractivity contribution in [1.29, 1.82) is 0 Å². The van der Waals surface area contributed by atoms with Crippen molar-refractivity contribution >= 4 is 5.91 Å². The maximum atomic E-state index is 14.3. The summed E-state index contributed by atoms with van der Waals surface area (Å²) in [6.07, 6.45) is 9.86. The molecule has 4 nitrogen and oxygen atoms in total. The van der Waals surface area contributed by atoms with Gasteiger partial charge in [-0.15, -0.1) is 0 Å². The van der Waals surface area contributed by atoms with Crippen LogP contribution >= 0.6 is 0 Å². The first-order valence-corrected chi connectivity index (χ1v) is 8.66. The Bertz CT molecular complexity index is 691. The van der Waals surface area contributed by atoms with Crippen molar-refractivity contribution in [2.24, 2.45) is 13.0 Å². The average Bonchev–Trinajstić information content (AvgIpc) is 3.23. The molecule has 1 aromatic heterocycles. The Balaban J connectivity index is 1.74. The van der Waals surface area contributed by atoms with Crippen LogP contribution in [0, 0.1) is 11.7 Å². The first kappa shape index (κ1) is 16.7. The first-order chi connectivity index (χ1) is 11.6. The molecule has 1 aromatic carbocycles. The van der Waals surface area contributed by atoms with Crippen molar-refractivity contribution in [3.63, 3.8) is 0 Å². The zero-order chi connectivity index (χ0) is 16.9. The molecule has 1 aliphatic rings. The Kier molecular flexibility index (Phi) is 5.28. The highest BCUT2D eigenvalue weighted by atomic mass is 19.1. The van der Waals surface area contributed by atoms with Gasteiger partial charge in [0.2, 0.25) is 5.91 Å². The molecule has 1 heterocycles. The molecule has 1 N–H and O–H groups in total. The number of aryl methyl sites for hydroxylation is 1. The van der Waals surface area contributed by atoms with Gasteiger partial charge in [0, 0.05) is 31.4 Å². The van der Waals surface area contributed by atoms with Gasteiger partial charge in [0.05, 0.1) is 0 Å². The van der Waals surface area contributed by atoms with E-state index in [9.17, 15) is 9.18 Å². The van der Waals surface area contributed by atoms with E-state index in [1.165, 1.54) is 31.7 Å². The smallest absolute Gasteiger partial charge is 0.220 e. The minimum absolute atomic E-state index is 0.0434. The number of imidazole rings is 1. The number of halogens is 1. The van der Waals surface area contributed by atoms with Gasteiger partial charge in [0.15, 0.2) is 0 Å². The number of hydrogen-bond acceptors (Lipinski definition) is 2. The minimum atomic E-state index is -0.567. The van der Waals surface area contributed by atoms with E-state index in [1.807, 2.05) is 11.6 Å². The topological polar surface area (TPSA) is 46.9 Å². The normalized spacial score (nSPS) is 16.2. The maximum absolute atomic E-state index is 14.3. The van der Waals surface area contributed by atoms with Crippen LogP contribution in [0.15, 0.2) is 36.7 Å². The first-order valence-electron chi connectivity index (χ1n) is 8.66. The third-order valence-corrected chi connectivity index (χ3v) is 4.89. The zero-order valence-electron chi connectivity index (χ0n) is 14.0. The summed E-state index contributed by atoms with van der Waals surface area (Å²) in [7, 11) is 1.85. The SMILES string of the molecule is Cn1ccnc1C(NC(=O)CCC1CCCC1)c1ccccc1F. The van der Waals surface area contributed by atoms with E-state index >= 15 is 0 Å². The summed E-state index contributed by atoms with van der Waals surface area (Å²) < 4.78 is 16.1. The van der Waals surface area contributed by atoms with E-state index in [0.717, 1.165) is 6.42 Å². The van der Waals surface area contributed by atoms with Crippen LogP contribution in [0.4, 0.5) is 4.39 Å². The van der Waals surface area contributed by atoms with Crippen LogP contribution < -0.4 is 5.32 Å². The van der Waals surface area contributed by atoms with Crippen molar-refractivity contribution < 1.29 is 9.18 Å². The monoisotopic (exact) mass is 329 g/mol. The van der Waals surface area contributed by atoms with Crippen molar-refractivity contribution in [2.45, 2.75) is 44.6 Å². The van der Waals surface area contributed by atoms with Crippen LogP contribution in [0.3, 0.4) is 0 Å². The molecule has 1 aliphatic carbocycles. The molecule has 0 bridgehead atoms. The highest BCUT2D eigenvalue weighted by Gasteiger charge is 2.24. The van der Waals surface area contributed by atoms with Crippen molar-refractivity contribution in [3.8, 4) is 0 Å². The summed E-state index contributed by atoms with van der Waals surface area (Å²) >= 11 is 0. The lowest BCUT2D eigenvalue weighted by molar-refractivity contribution is -0.122. The molecule has 1 amide bonds. The molecule has 5 heteroatoms. The molecular weight excluding hydrogens is 305 g/mol. The number of aromatic nitrogens is 2. The van der Waals surface area contributed by atoms with Gasteiger partial charge in [-0.3, -0.25) is 4.79 Å². The van der Waals surface area contributed by atoms with Crippen molar-refractivity contribution in [3.05, 3.63) is 53.9 Å². The van der Waals surface area contributed by atoms with E-state index in [1.54, 1.807) is 30.6 Å². The molecular formula is C19H24FN3O. The number of carbonyl (C=O) groups excluding carboxylic acids is 1. The van der Waals surface area contributed by atoms with Gasteiger partial charge in [0.25, 0.3) is 0 Å². The van der Waals surface area contributed by atoms with Crippen molar-refractivity contribution in [2.75, 3.05) is 0 Å². The number of hydrogen-bond donors (Lipinski definition) is 1. The second-order valence-electron chi connectivity index (χ2n) is 6.61. The van der Waals surface area contributed by atoms with Gasteiger partial charge < -0.3 is 9.88 Å². The third kappa shape index (κ3) is 3.83. The summed E-state index contributed by atoms with van der Waals surface area (Å²) in [5.41, 5.74) is 0.445. The molecule has 0 saturated heterocycles. The number of carbonyl (C=O) groups is 1. The Morgan fingerprint density at radius 2 is 2.12 bits per heavy atom. The molecule has 1 fully saturated rings. The summed E-state index contributed by atoms with van der Waals surface area (Å²) in [5.74, 6) is 0.921. The molecule has 1 saturated carbocycles. The van der Waals surface area contributed by atoms with E-state index in [-0.39, 0.29) is 11.7 Å². The Labute approximate surface area is 142 Å². The van der Waals surface area contributed by atoms with Crippen LogP contribution in [-0.4, -0.2) is 15.5 Å². The zero-order valence-corrected chi connectivity index (χ0v) is 14.0. The predicted octanol–water partition coefficient (Wildman–Crippen LogP) is 3.74. The second-order valence-corrected chi connectivity index (χ2v) is 6.61. The standard InChI is InChI=1S/C19H24FN3O/c1-23-13-12-21-19(23)18(15-8-4-5-9-16(15)20)22-17(24)11-10-14-6-2-3-7-14/h4-5,8-9,12-14,18H,2-3,6-7,10-11H2,1H3,(H,22,24). The molecule has 128 valence electrons. The summed E-state index contributed by atoms with van der Waals surface area (Å²) in [4.78, 5) is 16.7. The Morgan fingerprint density at radius 1 is 1.38 bits per heavy atom. The maximum Gasteiger partial charge on any atom is 0.220 e. The van der Waals surface area contributed by atoms with Gasteiger partial charge in [-0.2, -0.15) is 0 Å². The molecule has 0 aliphatic heterocycles. The van der Waals surface area contributed by atoms with E-state index < -0.39 is 6.04 Å². The fourth-order valence-corrected chi connectivity index (χ4v) is 3.51. The number of rotatable bonds is 6. The van der Waals surface area contributed by atoms with Gasteiger partial charge in [0.1, 0.15) is 17.7 Å². The largest absolute Gasteiger partial charge is 0.342 e. The fraction of sp³-hybridized carbons (Fsp3) is 0.474. The molecule has 1 unspecified atom stereocenters. The van der Waals surface area contributed by atoms with E-state index in [4.69, 9.17) is 0 Å². The lowest BCUT2D eigenvalue weighted by atomic mass is 10.0. The quantitative estimate of drug-likeness (QED) is 0.877. The van der Waals surface area contributed by atoms with Gasteiger partial charge in [-0.25, -0.2) is 9.37 Å². The van der Waals surface area contributed by atoms with E-state index in [0.29, 0.717) is 23.7 Å². The van der Waals surface area contributed by atoms with Crippen LogP contribution in [0.5, 0.6) is 0 Å². The summed E-state index contributed by atoms with van der Waals surface area (Å²) in [6, 6.07) is 5.97. The minimum Gasteiger partial charge on any atom is -0.342 e. The molecule has 2 aromatic rings. The second kappa shape index (κ2) is 7.60. The van der Waals surface area contributed by atoms with E-state index in [2.05, 4.69) is 10.3 Å².